The Bertz CT molecular complexity index is 559. The minimum atomic E-state index is -3.87. The molecule has 1 atom stereocenters. The van der Waals surface area contributed by atoms with Gasteiger partial charge in [0.25, 0.3) is 14.2 Å². The summed E-state index contributed by atoms with van der Waals surface area (Å²) >= 11 is 0. The van der Waals surface area contributed by atoms with Gasteiger partial charge in [-0.2, -0.15) is 0 Å². The van der Waals surface area contributed by atoms with Gasteiger partial charge in [0.05, 0.1) is 0 Å². The predicted molar refractivity (Wildman–Crippen MR) is 80.2 cm³/mol. The average molecular weight is 322 g/mol. The van der Waals surface area contributed by atoms with Gasteiger partial charge >= 0.3 is 0 Å². The standard InChI is InChI=1S/C13H24ClN3O2S/c1-9(2)8-17-11(7-10(3)13(4,5)6)15-16-12(17)20(14,18)19/h9-10H,7-8H2,1-6H3. The van der Waals surface area contributed by atoms with E-state index < -0.39 is 9.05 Å². The van der Waals surface area contributed by atoms with Crippen LogP contribution in [-0.4, -0.2) is 23.2 Å². The van der Waals surface area contributed by atoms with Crippen LogP contribution in [0.2, 0.25) is 0 Å². The lowest BCUT2D eigenvalue weighted by atomic mass is 9.80. The molecule has 0 saturated carbocycles. The van der Waals surface area contributed by atoms with Crippen LogP contribution in [0.4, 0.5) is 0 Å². The maximum Gasteiger partial charge on any atom is 0.296 e. The lowest BCUT2D eigenvalue weighted by Gasteiger charge is -2.27. The Labute approximate surface area is 126 Å². The van der Waals surface area contributed by atoms with E-state index in [1.807, 2.05) is 13.8 Å². The molecule has 7 heteroatoms. The third kappa shape index (κ3) is 4.45. The SMILES string of the molecule is CC(C)Cn1c(CC(C)C(C)(C)C)nnc1S(=O)(=O)Cl. The Morgan fingerprint density at radius 2 is 1.75 bits per heavy atom. The summed E-state index contributed by atoms with van der Waals surface area (Å²) in [4.78, 5) is 0. The van der Waals surface area contributed by atoms with Gasteiger partial charge in [-0.15, -0.1) is 10.2 Å². The second-order valence-electron chi connectivity index (χ2n) is 6.81. The molecule has 20 heavy (non-hydrogen) atoms. The topological polar surface area (TPSA) is 64.8 Å². The van der Waals surface area contributed by atoms with Crippen LogP contribution in [0.15, 0.2) is 5.16 Å². The van der Waals surface area contributed by atoms with Gasteiger partial charge < -0.3 is 4.57 Å². The van der Waals surface area contributed by atoms with Crippen LogP contribution < -0.4 is 0 Å². The quantitative estimate of drug-likeness (QED) is 0.782. The second-order valence-corrected chi connectivity index (χ2v) is 9.27. The molecule has 1 unspecified atom stereocenters. The molecule has 116 valence electrons. The molecule has 0 amide bonds. The van der Waals surface area contributed by atoms with Crippen LogP contribution in [0.1, 0.15) is 47.4 Å². The van der Waals surface area contributed by atoms with E-state index in [0.717, 1.165) is 0 Å². The fourth-order valence-corrected chi connectivity index (χ4v) is 2.70. The number of nitrogens with zero attached hydrogens (tertiary/aromatic N) is 3. The zero-order valence-corrected chi connectivity index (χ0v) is 14.6. The van der Waals surface area contributed by atoms with Gasteiger partial charge in [0.1, 0.15) is 5.82 Å². The molecule has 0 fully saturated rings. The van der Waals surface area contributed by atoms with Crippen LogP contribution in [0.3, 0.4) is 0 Å². The van der Waals surface area contributed by atoms with Crippen LogP contribution in [-0.2, 0) is 22.0 Å². The first-order chi connectivity index (χ1) is 8.93. The highest BCUT2D eigenvalue weighted by molar-refractivity contribution is 8.13. The van der Waals surface area contributed by atoms with Crippen molar-refractivity contribution in [1.29, 1.82) is 0 Å². The van der Waals surface area contributed by atoms with E-state index in [0.29, 0.717) is 24.7 Å². The number of rotatable bonds is 5. The highest BCUT2D eigenvalue weighted by atomic mass is 35.7. The fourth-order valence-electron chi connectivity index (χ4n) is 1.78. The summed E-state index contributed by atoms with van der Waals surface area (Å²) in [6.07, 6.45) is 0.676. The maximum absolute atomic E-state index is 11.6. The minimum Gasteiger partial charge on any atom is -0.301 e. The van der Waals surface area contributed by atoms with Crippen LogP contribution in [0.25, 0.3) is 0 Å². The summed E-state index contributed by atoms with van der Waals surface area (Å²) in [6.45, 7) is 13.2. The molecule has 1 rings (SSSR count). The average Bonchev–Trinajstić information content (AvgIpc) is 2.58. The van der Waals surface area contributed by atoms with Gasteiger partial charge in [-0.05, 0) is 17.3 Å². The summed E-state index contributed by atoms with van der Waals surface area (Å²) in [5.74, 6) is 1.32. The first kappa shape index (κ1) is 17.4. The van der Waals surface area contributed by atoms with Crippen molar-refractivity contribution < 1.29 is 8.42 Å². The lowest BCUT2D eigenvalue weighted by molar-refractivity contribution is 0.253. The van der Waals surface area contributed by atoms with Crippen molar-refractivity contribution in [3.63, 3.8) is 0 Å². The number of halogens is 1. The molecule has 1 heterocycles. The molecular formula is C13H24ClN3O2S. The molecule has 0 bridgehead atoms. The Morgan fingerprint density at radius 3 is 2.15 bits per heavy atom. The predicted octanol–water partition coefficient (Wildman–Crippen LogP) is 3.09. The molecule has 0 saturated heterocycles. The van der Waals surface area contributed by atoms with Crippen molar-refractivity contribution in [3.8, 4) is 0 Å². The largest absolute Gasteiger partial charge is 0.301 e. The Hall–Kier alpha value is -0.620. The molecule has 0 aliphatic heterocycles. The van der Waals surface area contributed by atoms with Crippen molar-refractivity contribution in [2.45, 2.75) is 59.7 Å². The molecule has 0 N–H and O–H groups in total. The Morgan fingerprint density at radius 1 is 1.20 bits per heavy atom. The van der Waals surface area contributed by atoms with E-state index in [-0.39, 0.29) is 16.5 Å². The molecule has 0 aliphatic rings. The second kappa shape index (κ2) is 6.02. The fraction of sp³-hybridized carbons (Fsp3) is 0.846. The first-order valence-corrected chi connectivity index (χ1v) is 9.10. The van der Waals surface area contributed by atoms with Gasteiger partial charge in [-0.25, -0.2) is 8.42 Å². The highest BCUT2D eigenvalue weighted by Gasteiger charge is 2.27. The van der Waals surface area contributed by atoms with Crippen molar-refractivity contribution >= 4 is 19.7 Å². The summed E-state index contributed by atoms with van der Waals surface area (Å²) < 4.78 is 24.8. The smallest absolute Gasteiger partial charge is 0.296 e. The zero-order chi connectivity index (χ0) is 15.7. The molecule has 0 radical (unpaired) electrons. The van der Waals surface area contributed by atoms with Gasteiger partial charge in [0, 0.05) is 23.6 Å². The lowest BCUT2D eigenvalue weighted by Crippen LogP contribution is -2.22. The Balaban J connectivity index is 3.18. The molecule has 1 aromatic heterocycles. The third-order valence-electron chi connectivity index (χ3n) is 3.53. The monoisotopic (exact) mass is 321 g/mol. The van der Waals surface area contributed by atoms with E-state index in [1.165, 1.54) is 0 Å². The summed E-state index contributed by atoms with van der Waals surface area (Å²) in [6, 6.07) is 0. The van der Waals surface area contributed by atoms with E-state index in [2.05, 4.69) is 37.9 Å². The van der Waals surface area contributed by atoms with Crippen LogP contribution in [0, 0.1) is 17.3 Å². The van der Waals surface area contributed by atoms with Gasteiger partial charge in [-0.1, -0.05) is 41.5 Å². The van der Waals surface area contributed by atoms with Crippen molar-refractivity contribution in [3.05, 3.63) is 5.82 Å². The number of hydrogen-bond acceptors (Lipinski definition) is 4. The van der Waals surface area contributed by atoms with E-state index in [4.69, 9.17) is 10.7 Å². The van der Waals surface area contributed by atoms with Gasteiger partial charge in [-0.3, -0.25) is 0 Å². The summed E-state index contributed by atoms with van der Waals surface area (Å²) in [5, 5.41) is 7.66. The third-order valence-corrected chi connectivity index (χ3v) is 4.68. The molecule has 0 spiro atoms. The highest BCUT2D eigenvalue weighted by Crippen LogP contribution is 2.29. The van der Waals surface area contributed by atoms with Gasteiger partial charge in [0.15, 0.2) is 0 Å². The van der Waals surface area contributed by atoms with Crippen LogP contribution in [0.5, 0.6) is 0 Å². The number of hydrogen-bond donors (Lipinski definition) is 0. The minimum absolute atomic E-state index is 0.120. The van der Waals surface area contributed by atoms with Crippen LogP contribution >= 0.6 is 10.7 Å². The molecule has 0 aromatic carbocycles. The summed E-state index contributed by atoms with van der Waals surface area (Å²) in [5.41, 5.74) is 0.120. The van der Waals surface area contributed by atoms with E-state index in [9.17, 15) is 8.42 Å². The Kier molecular flexibility index (Phi) is 5.24. The van der Waals surface area contributed by atoms with Crippen molar-refractivity contribution in [1.82, 2.24) is 14.8 Å². The molecular weight excluding hydrogens is 298 g/mol. The first-order valence-electron chi connectivity index (χ1n) is 6.79. The number of aromatic nitrogens is 3. The molecule has 5 nitrogen and oxygen atoms in total. The maximum atomic E-state index is 11.6. The van der Waals surface area contributed by atoms with Gasteiger partial charge in [0.2, 0.25) is 0 Å². The van der Waals surface area contributed by atoms with E-state index in [1.54, 1.807) is 4.57 Å². The molecule has 1 aromatic rings. The molecule has 0 aliphatic carbocycles. The van der Waals surface area contributed by atoms with E-state index >= 15 is 0 Å². The normalized spacial score (nSPS) is 14.8. The van der Waals surface area contributed by atoms with Crippen molar-refractivity contribution in [2.24, 2.45) is 17.3 Å². The summed E-state index contributed by atoms with van der Waals surface area (Å²) in [7, 11) is 1.57. The zero-order valence-electron chi connectivity index (χ0n) is 13.0. The van der Waals surface area contributed by atoms with Crippen molar-refractivity contribution in [2.75, 3.05) is 0 Å².